The second-order valence-electron chi connectivity index (χ2n) is 3.01. The van der Waals surface area contributed by atoms with E-state index < -0.39 is 0 Å². The van der Waals surface area contributed by atoms with E-state index >= 15 is 0 Å². The number of nitrogens with zero attached hydrogens (tertiary/aromatic N) is 1. The van der Waals surface area contributed by atoms with Gasteiger partial charge in [-0.15, -0.1) is 0 Å². The molecule has 54 valence electrons. The van der Waals surface area contributed by atoms with E-state index in [1.165, 1.54) is 0 Å². The minimum Gasteiger partial charge on any atom is -0.393 e. The number of likely N-dealkylation sites (tertiary alicyclic amines) is 1. The van der Waals surface area contributed by atoms with Crippen LogP contribution in [0, 0.1) is 0 Å². The summed E-state index contributed by atoms with van der Waals surface area (Å²) >= 11 is 0. The molecule has 1 aliphatic heterocycles. The minimum absolute atomic E-state index is 0.0452. The van der Waals surface area contributed by atoms with Crippen molar-refractivity contribution in [3.63, 3.8) is 0 Å². The lowest BCUT2D eigenvalue weighted by Gasteiger charge is -2.32. The number of aliphatic hydroxyl groups excluding tert-OH is 1. The highest BCUT2D eigenvalue weighted by Gasteiger charge is 2.19. The Bertz CT molecular complexity index is 94.9. The topological polar surface area (TPSA) is 23.5 Å². The zero-order valence-electron chi connectivity index (χ0n) is 6.17. The predicted molar refractivity (Wildman–Crippen MR) is 37.3 cm³/mol. The van der Waals surface area contributed by atoms with E-state index in [2.05, 4.69) is 18.9 Å². The molecule has 0 radical (unpaired) electrons. The Labute approximate surface area is 56.5 Å². The molecule has 0 amide bonds. The largest absolute Gasteiger partial charge is 0.393 e. The van der Waals surface area contributed by atoms with E-state index in [0.717, 1.165) is 19.4 Å². The minimum atomic E-state index is -0.0452. The molecular formula is C7H15NO. The molecule has 0 aromatic rings. The Morgan fingerprint density at radius 2 is 2.22 bits per heavy atom. The second-order valence-corrected chi connectivity index (χ2v) is 3.01. The molecular weight excluding hydrogens is 114 g/mol. The van der Waals surface area contributed by atoms with Crippen molar-refractivity contribution in [2.45, 2.75) is 31.9 Å². The lowest BCUT2D eigenvalue weighted by atomic mass is 10.0. The van der Waals surface area contributed by atoms with E-state index in [4.69, 9.17) is 0 Å². The number of hydrogen-bond donors (Lipinski definition) is 1. The third-order valence-corrected chi connectivity index (χ3v) is 2.18. The maximum Gasteiger partial charge on any atom is 0.0567 e. The van der Waals surface area contributed by atoms with Crippen molar-refractivity contribution in [1.82, 2.24) is 4.90 Å². The van der Waals surface area contributed by atoms with Gasteiger partial charge < -0.3 is 10.0 Å². The average Bonchev–Trinajstić information content (AvgIpc) is 1.80. The van der Waals surface area contributed by atoms with Crippen LogP contribution in [-0.4, -0.2) is 35.7 Å². The van der Waals surface area contributed by atoms with Gasteiger partial charge in [0.2, 0.25) is 0 Å². The Morgan fingerprint density at radius 1 is 1.56 bits per heavy atom. The molecule has 1 aliphatic rings. The van der Waals surface area contributed by atoms with Crippen molar-refractivity contribution < 1.29 is 5.11 Å². The summed E-state index contributed by atoms with van der Waals surface area (Å²) in [5, 5.41) is 9.17. The monoisotopic (exact) mass is 129 g/mol. The molecule has 0 aromatic carbocycles. The molecule has 0 saturated carbocycles. The molecule has 1 fully saturated rings. The van der Waals surface area contributed by atoms with Gasteiger partial charge in [0.05, 0.1) is 6.10 Å². The molecule has 0 aliphatic carbocycles. The van der Waals surface area contributed by atoms with Crippen LogP contribution in [0.1, 0.15) is 19.8 Å². The van der Waals surface area contributed by atoms with Gasteiger partial charge in [0.1, 0.15) is 0 Å². The molecule has 0 aromatic heterocycles. The molecule has 1 rings (SSSR count). The highest BCUT2D eigenvalue weighted by molar-refractivity contribution is 4.75. The maximum atomic E-state index is 9.17. The van der Waals surface area contributed by atoms with Crippen molar-refractivity contribution in [2.75, 3.05) is 13.6 Å². The molecule has 9 heavy (non-hydrogen) atoms. The molecule has 0 unspecified atom stereocenters. The summed E-state index contributed by atoms with van der Waals surface area (Å²) in [4.78, 5) is 2.28. The van der Waals surface area contributed by atoms with Crippen LogP contribution >= 0.6 is 0 Å². The van der Waals surface area contributed by atoms with Crippen molar-refractivity contribution >= 4 is 0 Å². The van der Waals surface area contributed by atoms with Gasteiger partial charge in [0.25, 0.3) is 0 Å². The SMILES string of the molecule is C[C@H]1C[C@H](O)CCN1C. The first kappa shape index (κ1) is 7.03. The highest BCUT2D eigenvalue weighted by atomic mass is 16.3. The van der Waals surface area contributed by atoms with Gasteiger partial charge in [0.15, 0.2) is 0 Å². The number of rotatable bonds is 0. The predicted octanol–water partition coefficient (Wildman–Crippen LogP) is 0.461. The summed E-state index contributed by atoms with van der Waals surface area (Å²) in [6.07, 6.45) is 1.84. The van der Waals surface area contributed by atoms with Gasteiger partial charge in [-0.3, -0.25) is 0 Å². The van der Waals surface area contributed by atoms with Crippen LogP contribution in [0.5, 0.6) is 0 Å². The van der Waals surface area contributed by atoms with Gasteiger partial charge >= 0.3 is 0 Å². The summed E-state index contributed by atoms with van der Waals surface area (Å²) in [7, 11) is 2.11. The highest BCUT2D eigenvalue weighted by Crippen LogP contribution is 2.14. The van der Waals surface area contributed by atoms with Crippen LogP contribution in [0.15, 0.2) is 0 Å². The van der Waals surface area contributed by atoms with Crippen molar-refractivity contribution in [1.29, 1.82) is 0 Å². The summed E-state index contributed by atoms with van der Waals surface area (Å²) in [6, 6.07) is 0.564. The third-order valence-electron chi connectivity index (χ3n) is 2.18. The van der Waals surface area contributed by atoms with Gasteiger partial charge in [-0.25, -0.2) is 0 Å². The van der Waals surface area contributed by atoms with Gasteiger partial charge in [-0.2, -0.15) is 0 Å². The van der Waals surface area contributed by atoms with Gasteiger partial charge in [-0.05, 0) is 26.8 Å². The fourth-order valence-corrected chi connectivity index (χ4v) is 1.26. The Morgan fingerprint density at radius 3 is 2.67 bits per heavy atom. The Hall–Kier alpha value is -0.0800. The first-order valence-corrected chi connectivity index (χ1v) is 3.58. The standard InChI is InChI=1S/C7H15NO/c1-6-5-7(9)3-4-8(6)2/h6-7,9H,3-5H2,1-2H3/t6-,7+/m0/s1. The van der Waals surface area contributed by atoms with Crippen LogP contribution in [0.3, 0.4) is 0 Å². The third kappa shape index (κ3) is 1.66. The lowest BCUT2D eigenvalue weighted by Crippen LogP contribution is -2.39. The molecule has 0 bridgehead atoms. The van der Waals surface area contributed by atoms with Crippen LogP contribution in [0.2, 0.25) is 0 Å². The summed E-state index contributed by atoms with van der Waals surface area (Å²) in [5.41, 5.74) is 0. The van der Waals surface area contributed by atoms with Gasteiger partial charge in [-0.1, -0.05) is 0 Å². The first-order valence-electron chi connectivity index (χ1n) is 3.58. The molecule has 1 heterocycles. The summed E-state index contributed by atoms with van der Waals surface area (Å²) in [6.45, 7) is 3.20. The number of piperidine rings is 1. The lowest BCUT2D eigenvalue weighted by molar-refractivity contribution is 0.0624. The van der Waals surface area contributed by atoms with E-state index in [-0.39, 0.29) is 6.10 Å². The van der Waals surface area contributed by atoms with Crippen LogP contribution < -0.4 is 0 Å². The second kappa shape index (κ2) is 2.67. The zero-order valence-corrected chi connectivity index (χ0v) is 6.17. The van der Waals surface area contributed by atoms with Crippen LogP contribution in [-0.2, 0) is 0 Å². The molecule has 0 spiro atoms. The number of aliphatic hydroxyl groups is 1. The molecule has 2 heteroatoms. The molecule has 2 nitrogen and oxygen atoms in total. The van der Waals surface area contributed by atoms with E-state index in [0.29, 0.717) is 6.04 Å². The first-order chi connectivity index (χ1) is 4.20. The molecule has 1 saturated heterocycles. The van der Waals surface area contributed by atoms with Crippen LogP contribution in [0.4, 0.5) is 0 Å². The zero-order chi connectivity index (χ0) is 6.85. The van der Waals surface area contributed by atoms with Crippen molar-refractivity contribution in [3.8, 4) is 0 Å². The van der Waals surface area contributed by atoms with Crippen LogP contribution in [0.25, 0.3) is 0 Å². The smallest absolute Gasteiger partial charge is 0.0567 e. The Balaban J connectivity index is 2.35. The average molecular weight is 129 g/mol. The quantitative estimate of drug-likeness (QED) is 0.513. The summed E-state index contributed by atoms with van der Waals surface area (Å²) in [5.74, 6) is 0. The van der Waals surface area contributed by atoms with E-state index in [1.54, 1.807) is 0 Å². The fourth-order valence-electron chi connectivity index (χ4n) is 1.26. The Kier molecular flexibility index (Phi) is 2.09. The normalized spacial score (nSPS) is 39.0. The van der Waals surface area contributed by atoms with E-state index in [1.807, 2.05) is 0 Å². The van der Waals surface area contributed by atoms with Crippen molar-refractivity contribution in [2.24, 2.45) is 0 Å². The molecule has 2 atom stereocenters. The van der Waals surface area contributed by atoms with Gasteiger partial charge in [0, 0.05) is 12.6 Å². The maximum absolute atomic E-state index is 9.17. The fraction of sp³-hybridized carbons (Fsp3) is 1.00. The number of hydrogen-bond acceptors (Lipinski definition) is 2. The van der Waals surface area contributed by atoms with E-state index in [9.17, 15) is 5.11 Å². The molecule has 1 N–H and O–H groups in total. The van der Waals surface area contributed by atoms with Crippen molar-refractivity contribution in [3.05, 3.63) is 0 Å². The summed E-state index contributed by atoms with van der Waals surface area (Å²) < 4.78 is 0.